The van der Waals surface area contributed by atoms with Crippen molar-refractivity contribution in [3.8, 4) is 0 Å². The third-order valence-corrected chi connectivity index (χ3v) is 5.59. The number of carbonyl (C=O) groups excluding carboxylic acids is 1. The number of aromatic nitrogens is 2. The molecule has 1 amide bonds. The van der Waals surface area contributed by atoms with Crippen LogP contribution in [-0.2, 0) is 4.79 Å². The highest BCUT2D eigenvalue weighted by Crippen LogP contribution is 2.26. The van der Waals surface area contributed by atoms with E-state index < -0.39 is 0 Å². The zero-order valence-corrected chi connectivity index (χ0v) is 14.5. The Kier molecular flexibility index (Phi) is 6.29. The molecule has 1 saturated carbocycles. The van der Waals surface area contributed by atoms with Crippen LogP contribution in [0.5, 0.6) is 0 Å². The fourth-order valence-corrected chi connectivity index (χ4v) is 4.19. The zero-order chi connectivity index (χ0) is 15.2. The predicted octanol–water partition coefficient (Wildman–Crippen LogP) is 3.15. The first-order valence-electron chi connectivity index (χ1n) is 7.57. The SMILES string of the molecule is CC(C)Nc1nnc(SCC(=O)N[C@H]2CCCC[C@@H]2C)s1. The van der Waals surface area contributed by atoms with Gasteiger partial charge < -0.3 is 10.6 Å². The summed E-state index contributed by atoms with van der Waals surface area (Å²) in [6, 6.07) is 0.686. The van der Waals surface area contributed by atoms with Crippen molar-refractivity contribution in [2.45, 2.75) is 62.9 Å². The lowest BCUT2D eigenvalue weighted by Gasteiger charge is -2.29. The molecule has 1 aromatic rings. The smallest absolute Gasteiger partial charge is 0.230 e. The van der Waals surface area contributed by atoms with Crippen molar-refractivity contribution < 1.29 is 4.79 Å². The first-order valence-corrected chi connectivity index (χ1v) is 9.37. The lowest BCUT2D eigenvalue weighted by atomic mass is 9.86. The van der Waals surface area contributed by atoms with Crippen molar-refractivity contribution in [2.75, 3.05) is 11.1 Å². The van der Waals surface area contributed by atoms with Crippen LogP contribution in [0, 0.1) is 5.92 Å². The number of hydrogen-bond donors (Lipinski definition) is 2. The maximum Gasteiger partial charge on any atom is 0.230 e. The Morgan fingerprint density at radius 2 is 2.14 bits per heavy atom. The Balaban J connectivity index is 1.74. The molecule has 1 fully saturated rings. The summed E-state index contributed by atoms with van der Waals surface area (Å²) in [6.07, 6.45) is 4.85. The maximum absolute atomic E-state index is 12.0. The third kappa shape index (κ3) is 5.47. The molecule has 0 radical (unpaired) electrons. The normalized spacial score (nSPS) is 22.3. The molecular formula is C14H24N4OS2. The van der Waals surface area contributed by atoms with Gasteiger partial charge in [-0.25, -0.2) is 0 Å². The zero-order valence-electron chi connectivity index (χ0n) is 12.9. The van der Waals surface area contributed by atoms with Crippen LogP contribution in [0.3, 0.4) is 0 Å². The van der Waals surface area contributed by atoms with Crippen molar-refractivity contribution in [2.24, 2.45) is 5.92 Å². The predicted molar refractivity (Wildman–Crippen MR) is 89.0 cm³/mol. The van der Waals surface area contributed by atoms with Crippen LogP contribution in [0.15, 0.2) is 4.34 Å². The van der Waals surface area contributed by atoms with E-state index in [2.05, 4.69) is 41.6 Å². The van der Waals surface area contributed by atoms with Gasteiger partial charge in [-0.1, -0.05) is 42.9 Å². The molecule has 21 heavy (non-hydrogen) atoms. The molecule has 1 aliphatic carbocycles. The van der Waals surface area contributed by atoms with Gasteiger partial charge in [0.15, 0.2) is 4.34 Å². The van der Waals surface area contributed by atoms with Gasteiger partial charge in [-0.2, -0.15) is 0 Å². The van der Waals surface area contributed by atoms with Gasteiger partial charge in [0, 0.05) is 12.1 Å². The summed E-state index contributed by atoms with van der Waals surface area (Å²) in [5.74, 6) is 1.11. The van der Waals surface area contributed by atoms with Gasteiger partial charge >= 0.3 is 0 Å². The molecule has 0 spiro atoms. The number of rotatable bonds is 6. The molecule has 0 unspecified atom stereocenters. The van der Waals surface area contributed by atoms with E-state index in [-0.39, 0.29) is 5.91 Å². The van der Waals surface area contributed by atoms with Gasteiger partial charge in [0.05, 0.1) is 5.75 Å². The van der Waals surface area contributed by atoms with E-state index >= 15 is 0 Å². The number of amides is 1. The minimum absolute atomic E-state index is 0.104. The largest absolute Gasteiger partial charge is 0.358 e. The molecule has 2 rings (SSSR count). The standard InChI is InChI=1S/C14H24N4OS2/c1-9(2)15-13-17-18-14(21-13)20-8-12(19)16-11-7-5-4-6-10(11)3/h9-11H,4-8H2,1-3H3,(H,15,17)(H,16,19)/t10-,11-/m0/s1. The average Bonchev–Trinajstić information content (AvgIpc) is 2.86. The Hall–Kier alpha value is -0.820. The maximum atomic E-state index is 12.0. The molecule has 2 atom stereocenters. The number of nitrogens with zero attached hydrogens (tertiary/aromatic N) is 2. The van der Waals surface area contributed by atoms with E-state index in [1.54, 1.807) is 0 Å². The summed E-state index contributed by atoms with van der Waals surface area (Å²) in [5.41, 5.74) is 0. The second-order valence-electron chi connectivity index (χ2n) is 5.90. The van der Waals surface area contributed by atoms with E-state index in [1.165, 1.54) is 42.4 Å². The van der Waals surface area contributed by atoms with Gasteiger partial charge in [0.1, 0.15) is 0 Å². The average molecular weight is 329 g/mol. The Morgan fingerprint density at radius 1 is 1.38 bits per heavy atom. The van der Waals surface area contributed by atoms with Gasteiger partial charge in [0.2, 0.25) is 11.0 Å². The fraction of sp³-hybridized carbons (Fsp3) is 0.786. The first-order chi connectivity index (χ1) is 10.0. The van der Waals surface area contributed by atoms with Crippen molar-refractivity contribution in [3.63, 3.8) is 0 Å². The number of nitrogens with one attached hydrogen (secondary N) is 2. The van der Waals surface area contributed by atoms with E-state index in [4.69, 9.17) is 0 Å². The van der Waals surface area contributed by atoms with Crippen molar-refractivity contribution >= 4 is 34.1 Å². The highest BCUT2D eigenvalue weighted by Gasteiger charge is 2.22. The summed E-state index contributed by atoms with van der Waals surface area (Å²) in [4.78, 5) is 12.0. The molecule has 5 nitrogen and oxygen atoms in total. The minimum Gasteiger partial charge on any atom is -0.358 e. The summed E-state index contributed by atoms with van der Waals surface area (Å²) in [6.45, 7) is 6.35. The Morgan fingerprint density at radius 3 is 2.86 bits per heavy atom. The van der Waals surface area contributed by atoms with Gasteiger partial charge in [-0.15, -0.1) is 10.2 Å². The van der Waals surface area contributed by atoms with E-state index in [0.29, 0.717) is 23.8 Å². The molecule has 1 aromatic heterocycles. The molecule has 0 aliphatic heterocycles. The number of carbonyl (C=O) groups is 1. The van der Waals surface area contributed by atoms with Crippen LogP contribution in [0.1, 0.15) is 46.5 Å². The van der Waals surface area contributed by atoms with Crippen LogP contribution in [0.4, 0.5) is 5.13 Å². The van der Waals surface area contributed by atoms with Crippen LogP contribution in [0.2, 0.25) is 0 Å². The topological polar surface area (TPSA) is 66.9 Å². The minimum atomic E-state index is 0.104. The van der Waals surface area contributed by atoms with Gasteiger partial charge in [0.25, 0.3) is 0 Å². The van der Waals surface area contributed by atoms with Gasteiger partial charge in [-0.3, -0.25) is 4.79 Å². The van der Waals surface area contributed by atoms with Crippen molar-refractivity contribution in [1.82, 2.24) is 15.5 Å². The second-order valence-corrected chi connectivity index (χ2v) is 8.10. The first kappa shape index (κ1) is 16.5. The molecule has 2 N–H and O–H groups in total. The monoisotopic (exact) mass is 328 g/mol. The lowest BCUT2D eigenvalue weighted by Crippen LogP contribution is -2.41. The molecule has 0 aromatic carbocycles. The van der Waals surface area contributed by atoms with Crippen molar-refractivity contribution in [1.29, 1.82) is 0 Å². The molecule has 0 bridgehead atoms. The van der Waals surface area contributed by atoms with Crippen LogP contribution < -0.4 is 10.6 Å². The highest BCUT2D eigenvalue weighted by molar-refractivity contribution is 8.01. The summed E-state index contributed by atoms with van der Waals surface area (Å²) < 4.78 is 0.838. The Bertz CT molecular complexity index is 464. The number of hydrogen-bond acceptors (Lipinski definition) is 6. The third-order valence-electron chi connectivity index (χ3n) is 3.60. The molecular weight excluding hydrogens is 304 g/mol. The molecule has 118 valence electrons. The van der Waals surface area contributed by atoms with Crippen LogP contribution >= 0.6 is 23.1 Å². The fourth-order valence-electron chi connectivity index (χ4n) is 2.48. The van der Waals surface area contributed by atoms with Crippen LogP contribution in [0.25, 0.3) is 0 Å². The van der Waals surface area contributed by atoms with E-state index in [0.717, 1.165) is 15.9 Å². The number of thioether (sulfide) groups is 1. The highest BCUT2D eigenvalue weighted by atomic mass is 32.2. The van der Waals surface area contributed by atoms with Crippen LogP contribution in [-0.4, -0.2) is 33.9 Å². The quantitative estimate of drug-likeness (QED) is 0.785. The lowest BCUT2D eigenvalue weighted by molar-refractivity contribution is -0.119. The molecule has 1 aliphatic rings. The summed E-state index contributed by atoms with van der Waals surface area (Å²) >= 11 is 2.96. The molecule has 0 saturated heterocycles. The summed E-state index contributed by atoms with van der Waals surface area (Å²) in [5, 5.41) is 15.3. The van der Waals surface area contributed by atoms with E-state index in [1.807, 2.05) is 0 Å². The molecule has 7 heteroatoms. The summed E-state index contributed by atoms with van der Waals surface area (Å²) in [7, 11) is 0. The molecule has 1 heterocycles. The van der Waals surface area contributed by atoms with Crippen molar-refractivity contribution in [3.05, 3.63) is 0 Å². The van der Waals surface area contributed by atoms with Gasteiger partial charge in [-0.05, 0) is 32.6 Å². The number of anilines is 1. The second kappa shape index (κ2) is 7.98. The Labute approximate surface area is 134 Å². The van der Waals surface area contributed by atoms with E-state index in [9.17, 15) is 4.79 Å².